The van der Waals surface area contributed by atoms with Gasteiger partial charge in [-0.05, 0) is 184 Å². The van der Waals surface area contributed by atoms with Crippen molar-refractivity contribution < 1.29 is 0 Å². The largest absolute Gasteiger partial charge is 0.0616 e. The van der Waals surface area contributed by atoms with Gasteiger partial charge in [0.2, 0.25) is 0 Å². The lowest BCUT2D eigenvalue weighted by Crippen LogP contribution is -1.85. The topological polar surface area (TPSA) is 0 Å². The van der Waals surface area contributed by atoms with Crippen LogP contribution >= 0.6 is 0 Å². The normalized spacial score (nSPS) is 11.4. The molecule has 0 amide bonds. The van der Waals surface area contributed by atoms with E-state index in [9.17, 15) is 0 Å². The number of hydrogen-bond donors (Lipinski definition) is 0. The van der Waals surface area contributed by atoms with E-state index >= 15 is 0 Å². The summed E-state index contributed by atoms with van der Waals surface area (Å²) in [7, 11) is 0. The first-order valence-electron chi connectivity index (χ1n) is 31.0. The monoisotopic (exact) mass is 1130 g/mol. The molecule has 0 aromatic heterocycles. The smallest absolute Gasteiger partial charge is 0.00133 e. The van der Waals surface area contributed by atoms with Crippen molar-refractivity contribution in [2.45, 2.75) is 20.3 Å². The van der Waals surface area contributed by atoms with Gasteiger partial charge in [-0.25, -0.2) is 0 Å². The molecule has 19 aromatic rings. The van der Waals surface area contributed by atoms with Crippen molar-refractivity contribution in [3.63, 3.8) is 0 Å². The molecule has 0 nitrogen and oxygen atoms in total. The van der Waals surface area contributed by atoms with E-state index < -0.39 is 0 Å². The van der Waals surface area contributed by atoms with E-state index in [1.54, 1.807) is 0 Å². The summed E-state index contributed by atoms with van der Waals surface area (Å²) in [6.07, 6.45) is 1.11. The van der Waals surface area contributed by atoms with Crippen molar-refractivity contribution >= 4 is 129 Å². The van der Waals surface area contributed by atoms with E-state index in [-0.39, 0.29) is 0 Å². The molecule has 19 aromatic carbocycles. The lowest BCUT2D eigenvalue weighted by atomic mass is 9.90. The lowest BCUT2D eigenvalue weighted by Gasteiger charge is -2.13. The minimum absolute atomic E-state index is 1.11. The Bertz CT molecular complexity index is 5160. The van der Waals surface area contributed by atoms with Crippen LogP contribution in [0.25, 0.3) is 140 Å². The van der Waals surface area contributed by atoms with Gasteiger partial charge in [0.1, 0.15) is 0 Å². The SMILES string of the molecule is Cc1ccc2c(c1)Cc1cc(C)ccc1-2.c1cc2ccc3cccc4ccc(c1)c2c34.c1cc2cccc3c4cccc5cccc(c(c1)c23)c54.c1ccc2c(c1)ccc1ccccc12.c1ccc2cc3ccccc3cc2c1.c1ccc2ccccc2c1. The van der Waals surface area contributed by atoms with Crippen molar-refractivity contribution in [1.82, 2.24) is 0 Å². The number of hydrogen-bond acceptors (Lipinski definition) is 0. The van der Waals surface area contributed by atoms with Crippen LogP contribution in [0.3, 0.4) is 0 Å². The maximum Gasteiger partial charge on any atom is -0.00133 e. The Kier molecular flexibility index (Phi) is 14.7. The minimum atomic E-state index is 1.11. The van der Waals surface area contributed by atoms with Gasteiger partial charge in [-0.15, -0.1) is 0 Å². The van der Waals surface area contributed by atoms with Crippen LogP contribution in [0.4, 0.5) is 0 Å². The minimum Gasteiger partial charge on any atom is -0.0616 e. The first kappa shape index (κ1) is 54.5. The molecule has 0 fully saturated rings. The Balaban J connectivity index is 0.0000000904. The van der Waals surface area contributed by atoms with E-state index in [2.05, 4.69) is 354 Å². The maximum absolute atomic E-state index is 2.31. The third-order valence-corrected chi connectivity index (χ3v) is 17.9. The van der Waals surface area contributed by atoms with E-state index in [4.69, 9.17) is 0 Å². The second kappa shape index (κ2) is 23.9. The second-order valence-electron chi connectivity index (χ2n) is 23.6. The third-order valence-electron chi connectivity index (χ3n) is 17.9. The molecule has 1 aliphatic rings. The van der Waals surface area contributed by atoms with Gasteiger partial charge in [-0.2, -0.15) is 0 Å². The quantitative estimate of drug-likeness (QED) is 0.105. The highest BCUT2D eigenvalue weighted by molar-refractivity contribution is 6.33. The number of benzene rings is 19. The molecule has 0 spiro atoms. The van der Waals surface area contributed by atoms with E-state index in [1.807, 2.05) is 0 Å². The van der Waals surface area contributed by atoms with Crippen LogP contribution in [-0.4, -0.2) is 0 Å². The fourth-order valence-electron chi connectivity index (χ4n) is 13.7. The molecule has 1 aliphatic carbocycles. The summed E-state index contributed by atoms with van der Waals surface area (Å²) in [5, 5.41) is 32.2. The predicted molar refractivity (Wildman–Crippen MR) is 389 cm³/mol. The van der Waals surface area contributed by atoms with Crippen molar-refractivity contribution in [1.29, 1.82) is 0 Å². The van der Waals surface area contributed by atoms with Gasteiger partial charge < -0.3 is 0 Å². The molecule has 0 bridgehead atoms. The van der Waals surface area contributed by atoms with Crippen LogP contribution in [0, 0.1) is 13.8 Å². The van der Waals surface area contributed by atoms with Crippen molar-refractivity contribution in [3.8, 4) is 11.1 Å². The summed E-state index contributed by atoms with van der Waals surface area (Å²) in [5.41, 5.74) is 8.54. The lowest BCUT2D eigenvalue weighted by molar-refractivity contribution is 1.24. The van der Waals surface area contributed by atoms with Gasteiger partial charge in [0, 0.05) is 0 Å². The zero-order valence-electron chi connectivity index (χ0n) is 50.0. The van der Waals surface area contributed by atoms with E-state index in [0.29, 0.717) is 0 Å². The summed E-state index contributed by atoms with van der Waals surface area (Å²) in [4.78, 5) is 0. The number of fused-ring (bicyclic) bond motifs is 11. The fraction of sp³-hybridized carbons (Fsp3) is 0.0337. The molecule has 0 unspecified atom stereocenters. The van der Waals surface area contributed by atoms with E-state index in [1.165, 1.54) is 163 Å². The van der Waals surface area contributed by atoms with Gasteiger partial charge in [0.05, 0.1) is 0 Å². The Labute approximate surface area is 519 Å². The van der Waals surface area contributed by atoms with Crippen LogP contribution in [0.5, 0.6) is 0 Å². The average molecular weight is 1130 g/mol. The van der Waals surface area contributed by atoms with Crippen LogP contribution in [0.15, 0.2) is 340 Å². The van der Waals surface area contributed by atoms with Gasteiger partial charge in [0.25, 0.3) is 0 Å². The second-order valence-corrected chi connectivity index (χ2v) is 23.6. The van der Waals surface area contributed by atoms with E-state index in [0.717, 1.165) is 6.42 Å². The molecule has 0 atom stereocenters. The summed E-state index contributed by atoms with van der Waals surface area (Å²) >= 11 is 0. The van der Waals surface area contributed by atoms with Crippen LogP contribution in [0.1, 0.15) is 22.3 Å². The highest BCUT2D eigenvalue weighted by Gasteiger charge is 2.18. The molecule has 0 aliphatic heterocycles. The molecule has 0 heterocycles. The Morgan fingerprint density at radius 1 is 0.169 bits per heavy atom. The average Bonchev–Trinajstić information content (AvgIpc) is 1.43. The predicted octanol–water partition coefficient (Wildman–Crippen LogP) is 25.0. The van der Waals surface area contributed by atoms with Crippen LogP contribution in [0.2, 0.25) is 0 Å². The van der Waals surface area contributed by atoms with Crippen LogP contribution in [-0.2, 0) is 6.42 Å². The van der Waals surface area contributed by atoms with Crippen molar-refractivity contribution in [2.24, 2.45) is 0 Å². The molecule has 0 N–H and O–H groups in total. The molecule has 20 rings (SSSR count). The molecule has 0 saturated carbocycles. The van der Waals surface area contributed by atoms with Crippen molar-refractivity contribution in [2.75, 3.05) is 0 Å². The molecule has 420 valence electrons. The molecular weight excluding hydrogens is 1070 g/mol. The Morgan fingerprint density at radius 2 is 0.404 bits per heavy atom. The maximum atomic E-state index is 2.31. The first-order chi connectivity index (χ1) is 44.0. The summed E-state index contributed by atoms with van der Waals surface area (Å²) in [6, 6.07) is 121. The molecule has 0 heteroatoms. The number of aryl methyl sites for hydroxylation is 2. The molecule has 89 heavy (non-hydrogen) atoms. The fourth-order valence-corrected chi connectivity index (χ4v) is 13.7. The highest BCUT2D eigenvalue weighted by Crippen LogP contribution is 2.41. The summed E-state index contributed by atoms with van der Waals surface area (Å²) < 4.78 is 0. The zero-order chi connectivity index (χ0) is 59.6. The molecule has 0 saturated heterocycles. The number of rotatable bonds is 0. The highest BCUT2D eigenvalue weighted by atomic mass is 14.2. The Morgan fingerprint density at radius 3 is 0.730 bits per heavy atom. The zero-order valence-corrected chi connectivity index (χ0v) is 50.0. The van der Waals surface area contributed by atoms with Gasteiger partial charge in [-0.1, -0.05) is 339 Å². The van der Waals surface area contributed by atoms with Crippen molar-refractivity contribution in [3.05, 3.63) is 362 Å². The summed E-state index contributed by atoms with van der Waals surface area (Å²) in [5.74, 6) is 0. The third kappa shape index (κ3) is 10.8. The summed E-state index contributed by atoms with van der Waals surface area (Å²) in [6.45, 7) is 4.32. The molecular formula is C89H64. The van der Waals surface area contributed by atoms with Gasteiger partial charge in [0.15, 0.2) is 0 Å². The Hall–Kier alpha value is -11.2. The van der Waals surface area contributed by atoms with Gasteiger partial charge in [-0.3, -0.25) is 0 Å². The van der Waals surface area contributed by atoms with Gasteiger partial charge >= 0.3 is 0 Å². The first-order valence-corrected chi connectivity index (χ1v) is 31.0. The molecule has 0 radical (unpaired) electrons. The van der Waals surface area contributed by atoms with Crippen LogP contribution < -0.4 is 0 Å². The standard InChI is InChI=1S/C20H12.C16H10.C15H14.2C14H10.C10H8/c1-5-13-6-2-11-17-18-12-4-8-14-7-3-10-16(20(14)18)15(9-1)19(13)17;1-3-11-7-9-13-5-2-6-14-10-8-12(4-1)15(11)16(13)14;1-10-3-5-14-12(7-10)9-13-8-11(2)4-6-15(13)14;1-3-7-13-11(5-1)9-10-12-6-2-4-8-14(12)13;1-2-6-12-10-14-8-4-3-7-13(14)9-11(12)5-1;1-2-6-10-8-4-3-7-9(10)5-1/h1-12H;1-10H;3-8H,9H2,1-2H3;2*1-10H;1-8H.